The standard InChI is InChI=1S/C6H16O2SSi/c1-4-5(9)10-6(7-2)8-3/h5-6,9H,4,10H2,1-3H3. The Bertz CT molecular complexity index is 78.1. The van der Waals surface area contributed by atoms with Gasteiger partial charge in [0.15, 0.2) is 0 Å². The van der Waals surface area contributed by atoms with Gasteiger partial charge >= 0.3 is 0 Å². The Hall–Kier alpha value is 0.487. The molecule has 0 saturated carbocycles. The number of thiol groups is 1. The average molecular weight is 180 g/mol. The summed E-state index contributed by atoms with van der Waals surface area (Å²) in [5, 5.41) is 0. The van der Waals surface area contributed by atoms with E-state index in [4.69, 9.17) is 9.47 Å². The SMILES string of the molecule is CCC(S)[SiH2]C(OC)OC. The Kier molecular flexibility index (Phi) is 6.52. The maximum absolute atomic E-state index is 5.06. The van der Waals surface area contributed by atoms with Gasteiger partial charge in [-0.05, 0) is 11.3 Å². The fraction of sp³-hybridized carbons (Fsp3) is 1.00. The van der Waals surface area contributed by atoms with E-state index in [2.05, 4.69) is 19.6 Å². The predicted octanol–water partition coefficient (Wildman–Crippen LogP) is 0.398. The van der Waals surface area contributed by atoms with Crippen LogP contribution in [0.15, 0.2) is 0 Å². The van der Waals surface area contributed by atoms with Crippen LogP contribution in [0.5, 0.6) is 0 Å². The van der Waals surface area contributed by atoms with E-state index in [9.17, 15) is 0 Å². The van der Waals surface area contributed by atoms with Gasteiger partial charge in [0.25, 0.3) is 0 Å². The molecule has 0 saturated heterocycles. The molecule has 0 heterocycles. The van der Waals surface area contributed by atoms with E-state index in [-0.39, 0.29) is 15.4 Å². The van der Waals surface area contributed by atoms with Gasteiger partial charge < -0.3 is 9.47 Å². The van der Waals surface area contributed by atoms with E-state index in [1.54, 1.807) is 14.2 Å². The molecule has 0 amide bonds. The van der Waals surface area contributed by atoms with Crippen molar-refractivity contribution in [3.8, 4) is 0 Å². The average Bonchev–Trinajstić information content (AvgIpc) is 1.99. The van der Waals surface area contributed by atoms with Crippen molar-refractivity contribution in [2.75, 3.05) is 14.2 Å². The second kappa shape index (κ2) is 6.21. The molecule has 0 aliphatic carbocycles. The summed E-state index contributed by atoms with van der Waals surface area (Å²) in [6.07, 6.45) is 1.11. The summed E-state index contributed by atoms with van der Waals surface area (Å²) in [6, 6.07) is 0. The number of methoxy groups -OCH3 is 2. The largest absolute Gasteiger partial charge is 0.360 e. The van der Waals surface area contributed by atoms with E-state index in [0.29, 0.717) is 4.87 Å². The quantitative estimate of drug-likeness (QED) is 0.375. The van der Waals surface area contributed by atoms with Crippen LogP contribution in [0, 0.1) is 0 Å². The normalized spacial score (nSPS) is 15.3. The smallest absolute Gasteiger partial charge is 0.135 e. The molecule has 62 valence electrons. The molecule has 0 radical (unpaired) electrons. The molecule has 0 aromatic heterocycles. The highest BCUT2D eigenvalue weighted by Gasteiger charge is 2.10. The van der Waals surface area contributed by atoms with Gasteiger partial charge in [0.2, 0.25) is 0 Å². The minimum atomic E-state index is -0.331. The lowest BCUT2D eigenvalue weighted by atomic mass is 10.6. The van der Waals surface area contributed by atoms with Crippen LogP contribution in [-0.4, -0.2) is 34.5 Å². The van der Waals surface area contributed by atoms with E-state index in [1.807, 2.05) is 0 Å². The predicted molar refractivity (Wildman–Crippen MR) is 49.4 cm³/mol. The molecule has 1 unspecified atom stereocenters. The van der Waals surface area contributed by atoms with E-state index in [1.165, 1.54) is 0 Å². The molecule has 0 rings (SSSR count). The van der Waals surface area contributed by atoms with Crippen LogP contribution in [0.25, 0.3) is 0 Å². The molecule has 0 aliphatic rings. The van der Waals surface area contributed by atoms with Crippen molar-refractivity contribution in [1.29, 1.82) is 0 Å². The molecule has 10 heavy (non-hydrogen) atoms. The lowest BCUT2D eigenvalue weighted by Crippen LogP contribution is -2.28. The minimum absolute atomic E-state index is 0.0439. The van der Waals surface area contributed by atoms with E-state index < -0.39 is 0 Å². The molecule has 0 N–H and O–H groups in total. The van der Waals surface area contributed by atoms with Gasteiger partial charge in [0.1, 0.15) is 15.4 Å². The number of rotatable bonds is 5. The lowest BCUT2D eigenvalue weighted by molar-refractivity contribution is -0.0442. The van der Waals surface area contributed by atoms with Gasteiger partial charge in [-0.2, -0.15) is 12.6 Å². The fourth-order valence-electron chi connectivity index (χ4n) is 0.677. The highest BCUT2D eigenvalue weighted by Crippen LogP contribution is 2.01. The Morgan fingerprint density at radius 2 is 1.90 bits per heavy atom. The zero-order valence-corrected chi connectivity index (χ0v) is 9.14. The van der Waals surface area contributed by atoms with Gasteiger partial charge in [-0.25, -0.2) is 0 Å². The summed E-state index contributed by atoms with van der Waals surface area (Å²) in [5.74, 6) is 0.0439. The molecule has 1 atom stereocenters. The van der Waals surface area contributed by atoms with Crippen LogP contribution in [0.4, 0.5) is 0 Å². The molecule has 0 aliphatic heterocycles. The van der Waals surface area contributed by atoms with Crippen molar-refractivity contribution < 1.29 is 9.47 Å². The maximum atomic E-state index is 5.06. The molecule has 2 nitrogen and oxygen atoms in total. The highest BCUT2D eigenvalue weighted by molar-refractivity contribution is 7.82. The van der Waals surface area contributed by atoms with Crippen molar-refractivity contribution in [1.82, 2.24) is 0 Å². The monoisotopic (exact) mass is 180 g/mol. The first kappa shape index (κ1) is 10.5. The van der Waals surface area contributed by atoms with Gasteiger partial charge in [-0.1, -0.05) is 6.92 Å². The van der Waals surface area contributed by atoms with Crippen LogP contribution >= 0.6 is 12.6 Å². The molecule has 0 aromatic rings. The summed E-state index contributed by atoms with van der Waals surface area (Å²) in [5.41, 5.74) is 0. The first-order valence-electron chi connectivity index (χ1n) is 3.48. The Balaban J connectivity index is 3.41. The summed E-state index contributed by atoms with van der Waals surface area (Å²) in [7, 11) is 3.03. The third-order valence-corrected chi connectivity index (χ3v) is 4.63. The first-order valence-corrected chi connectivity index (χ1v) is 5.63. The Labute approximate surface area is 70.5 Å². The van der Waals surface area contributed by atoms with Gasteiger partial charge in [-0.15, -0.1) is 0 Å². The molecular formula is C6H16O2SSi. The van der Waals surface area contributed by atoms with Crippen LogP contribution < -0.4 is 0 Å². The molecule has 0 spiro atoms. The fourth-order valence-corrected chi connectivity index (χ4v) is 2.36. The zero-order valence-electron chi connectivity index (χ0n) is 6.83. The summed E-state index contributed by atoms with van der Waals surface area (Å²) >= 11 is 4.38. The third-order valence-electron chi connectivity index (χ3n) is 1.46. The summed E-state index contributed by atoms with van der Waals surface area (Å²) in [4.78, 5) is 0.518. The highest BCUT2D eigenvalue weighted by atomic mass is 32.1. The minimum Gasteiger partial charge on any atom is -0.360 e. The number of ether oxygens (including phenoxy) is 2. The molecule has 4 heteroatoms. The summed E-state index contributed by atoms with van der Waals surface area (Å²) < 4.78 is 10.1. The molecule has 0 aromatic carbocycles. The lowest BCUT2D eigenvalue weighted by Gasteiger charge is -2.15. The third kappa shape index (κ3) is 4.33. The second-order valence-electron chi connectivity index (χ2n) is 2.20. The van der Waals surface area contributed by atoms with Gasteiger partial charge in [0.05, 0.1) is 0 Å². The number of hydrogen-bond acceptors (Lipinski definition) is 3. The Morgan fingerprint density at radius 3 is 2.20 bits per heavy atom. The van der Waals surface area contributed by atoms with Crippen molar-refractivity contribution in [3.63, 3.8) is 0 Å². The van der Waals surface area contributed by atoms with Crippen LogP contribution in [0.3, 0.4) is 0 Å². The van der Waals surface area contributed by atoms with Crippen molar-refractivity contribution >= 4 is 22.1 Å². The Morgan fingerprint density at radius 1 is 1.40 bits per heavy atom. The van der Waals surface area contributed by atoms with Gasteiger partial charge in [-0.3, -0.25) is 0 Å². The van der Waals surface area contributed by atoms with Crippen LogP contribution in [0.2, 0.25) is 0 Å². The van der Waals surface area contributed by atoms with Crippen LogP contribution in [-0.2, 0) is 9.47 Å². The maximum Gasteiger partial charge on any atom is 0.135 e. The van der Waals surface area contributed by atoms with E-state index in [0.717, 1.165) is 6.42 Å². The topological polar surface area (TPSA) is 18.5 Å². The number of hydrogen-bond donors (Lipinski definition) is 1. The van der Waals surface area contributed by atoms with Gasteiger partial charge in [0, 0.05) is 14.2 Å². The van der Waals surface area contributed by atoms with Crippen molar-refractivity contribution in [2.45, 2.75) is 24.1 Å². The molecular weight excluding hydrogens is 164 g/mol. The van der Waals surface area contributed by atoms with Crippen molar-refractivity contribution in [3.05, 3.63) is 0 Å². The van der Waals surface area contributed by atoms with Crippen molar-refractivity contribution in [2.24, 2.45) is 0 Å². The van der Waals surface area contributed by atoms with E-state index >= 15 is 0 Å². The molecule has 0 bridgehead atoms. The molecule has 0 fully saturated rings. The summed E-state index contributed by atoms with van der Waals surface area (Å²) in [6.45, 7) is 2.13. The van der Waals surface area contributed by atoms with Crippen LogP contribution in [0.1, 0.15) is 13.3 Å². The second-order valence-corrected chi connectivity index (χ2v) is 5.74. The first-order chi connectivity index (χ1) is 4.74. The zero-order chi connectivity index (χ0) is 7.98.